The summed E-state index contributed by atoms with van der Waals surface area (Å²) in [5.41, 5.74) is 1.07. The van der Waals surface area contributed by atoms with Crippen LogP contribution in [0.2, 0.25) is 0 Å². The second kappa shape index (κ2) is 6.40. The molecule has 0 N–H and O–H groups in total. The Labute approximate surface area is 145 Å². The number of sulfonamides is 1. The van der Waals surface area contributed by atoms with Crippen LogP contribution in [-0.2, 0) is 30.9 Å². The molecule has 1 aromatic carbocycles. The van der Waals surface area contributed by atoms with Gasteiger partial charge in [0.2, 0.25) is 15.8 Å². The molecule has 0 saturated carbocycles. The predicted molar refractivity (Wildman–Crippen MR) is 87.5 cm³/mol. The molecule has 2 amide bonds. The third-order valence-corrected chi connectivity index (χ3v) is 5.26. The monoisotopic (exact) mass is 366 g/mol. The quantitative estimate of drug-likeness (QED) is 0.791. The number of likely N-dealkylation sites (tertiary alicyclic amines) is 1. The summed E-state index contributed by atoms with van der Waals surface area (Å²) in [7, 11) is -2.50. The molecule has 0 aromatic heterocycles. The maximum Gasteiger partial charge on any atom is 0.414 e. The molecule has 25 heavy (non-hydrogen) atoms. The molecule has 134 valence electrons. The van der Waals surface area contributed by atoms with Crippen molar-refractivity contribution in [2.75, 3.05) is 19.9 Å². The van der Waals surface area contributed by atoms with E-state index in [1.165, 1.54) is 12.0 Å². The number of hydrogen-bond donors (Lipinski definition) is 0. The fourth-order valence-electron chi connectivity index (χ4n) is 3.10. The lowest BCUT2D eigenvalue weighted by Crippen LogP contribution is -2.39. The highest BCUT2D eigenvalue weighted by Crippen LogP contribution is 2.38. The minimum absolute atomic E-state index is 0.0835. The van der Waals surface area contributed by atoms with E-state index in [0.717, 1.165) is 16.1 Å². The molecule has 8 nitrogen and oxygen atoms in total. The predicted octanol–water partition coefficient (Wildman–Crippen LogP) is 1.06. The Morgan fingerprint density at radius 3 is 2.56 bits per heavy atom. The first kappa shape index (κ1) is 17.3. The number of carbonyl (C=O) groups excluding carboxylic acids is 2. The highest BCUT2D eigenvalue weighted by molar-refractivity contribution is 7.89. The van der Waals surface area contributed by atoms with Gasteiger partial charge in [-0.1, -0.05) is 30.3 Å². The van der Waals surface area contributed by atoms with Crippen molar-refractivity contribution in [3.8, 4) is 0 Å². The maximum absolute atomic E-state index is 12.4. The van der Waals surface area contributed by atoms with Gasteiger partial charge in [0, 0.05) is 6.54 Å². The molecule has 2 aliphatic rings. The van der Waals surface area contributed by atoms with Gasteiger partial charge in [0.25, 0.3) is 0 Å². The van der Waals surface area contributed by atoms with Crippen LogP contribution in [0, 0.1) is 0 Å². The first-order chi connectivity index (χ1) is 11.8. The summed E-state index contributed by atoms with van der Waals surface area (Å²) >= 11 is 0. The fraction of sp³-hybridized carbons (Fsp3) is 0.375. The number of nitrogens with zero attached hydrogens (tertiary/aromatic N) is 2. The summed E-state index contributed by atoms with van der Waals surface area (Å²) in [6.45, 7) is 0.333. The van der Waals surface area contributed by atoms with Crippen molar-refractivity contribution >= 4 is 22.0 Å². The first-order valence-corrected chi connectivity index (χ1v) is 9.49. The number of methoxy groups -OCH3 is 1. The van der Waals surface area contributed by atoms with Gasteiger partial charge in [-0.3, -0.25) is 9.69 Å². The van der Waals surface area contributed by atoms with Crippen LogP contribution in [0.3, 0.4) is 0 Å². The van der Waals surface area contributed by atoms with Crippen LogP contribution < -0.4 is 0 Å². The molecular weight excluding hydrogens is 348 g/mol. The van der Waals surface area contributed by atoms with Crippen LogP contribution >= 0.6 is 0 Å². The van der Waals surface area contributed by atoms with E-state index >= 15 is 0 Å². The molecule has 3 rings (SSSR count). The zero-order valence-corrected chi connectivity index (χ0v) is 14.7. The number of carbonyl (C=O) groups is 2. The van der Waals surface area contributed by atoms with E-state index in [0.29, 0.717) is 6.42 Å². The van der Waals surface area contributed by atoms with E-state index in [1.807, 2.05) is 30.3 Å². The molecule has 0 bridgehead atoms. The molecule has 2 aliphatic heterocycles. The van der Waals surface area contributed by atoms with Gasteiger partial charge >= 0.3 is 12.0 Å². The number of fused-ring (bicyclic) bond motifs is 1. The topological polar surface area (TPSA) is 93.2 Å². The summed E-state index contributed by atoms with van der Waals surface area (Å²) in [5.74, 6) is -0.893. The second-order valence-electron chi connectivity index (χ2n) is 5.78. The number of ether oxygens (including phenoxy) is 2. The van der Waals surface area contributed by atoms with Crippen molar-refractivity contribution < 1.29 is 27.5 Å². The van der Waals surface area contributed by atoms with Crippen molar-refractivity contribution in [1.29, 1.82) is 0 Å². The molecule has 0 spiro atoms. The van der Waals surface area contributed by atoms with Crippen molar-refractivity contribution in [3.05, 3.63) is 47.4 Å². The lowest BCUT2D eigenvalue weighted by atomic mass is 10.2. The Balaban J connectivity index is 1.81. The van der Waals surface area contributed by atoms with E-state index in [4.69, 9.17) is 9.47 Å². The summed E-state index contributed by atoms with van der Waals surface area (Å²) in [6, 6.07) is 8.44. The van der Waals surface area contributed by atoms with E-state index < -0.39 is 28.1 Å². The molecule has 2 heterocycles. The van der Waals surface area contributed by atoms with E-state index in [2.05, 4.69) is 0 Å². The van der Waals surface area contributed by atoms with E-state index in [9.17, 15) is 18.0 Å². The minimum Gasteiger partial charge on any atom is -0.490 e. The van der Waals surface area contributed by atoms with Crippen LogP contribution in [-0.4, -0.2) is 55.6 Å². The molecule has 0 radical (unpaired) electrons. The zero-order chi connectivity index (χ0) is 18.2. The second-order valence-corrected chi connectivity index (χ2v) is 7.64. The van der Waals surface area contributed by atoms with Gasteiger partial charge in [-0.15, -0.1) is 0 Å². The van der Waals surface area contributed by atoms with Gasteiger partial charge in [0.15, 0.2) is 0 Å². The van der Waals surface area contributed by atoms with Crippen molar-refractivity contribution in [1.82, 2.24) is 9.21 Å². The van der Waals surface area contributed by atoms with Crippen molar-refractivity contribution in [2.45, 2.75) is 19.1 Å². The highest BCUT2D eigenvalue weighted by atomic mass is 32.2. The van der Waals surface area contributed by atoms with Crippen molar-refractivity contribution in [2.24, 2.45) is 0 Å². The molecular formula is C16H18N2O6S. The van der Waals surface area contributed by atoms with Crippen LogP contribution in [0.15, 0.2) is 41.8 Å². The molecule has 1 saturated heterocycles. The fourth-order valence-corrected chi connectivity index (χ4v) is 4.15. The molecule has 0 aliphatic carbocycles. The van der Waals surface area contributed by atoms with E-state index in [-0.39, 0.29) is 24.6 Å². The van der Waals surface area contributed by atoms with Gasteiger partial charge in [-0.25, -0.2) is 17.5 Å². The SMILES string of the molecule is COC1=C2[C@H](CCN2C(=O)OCc2ccccc2)N(S(C)(=O)=O)C1=O. The average molecular weight is 366 g/mol. The largest absolute Gasteiger partial charge is 0.490 e. The third-order valence-electron chi connectivity index (χ3n) is 4.13. The van der Waals surface area contributed by atoms with Gasteiger partial charge in [-0.2, -0.15) is 0 Å². The lowest BCUT2D eigenvalue weighted by Gasteiger charge is -2.20. The summed E-state index contributed by atoms with van der Waals surface area (Å²) in [5, 5.41) is 0. The lowest BCUT2D eigenvalue weighted by molar-refractivity contribution is -0.125. The van der Waals surface area contributed by atoms with Gasteiger partial charge in [0.1, 0.15) is 6.61 Å². The number of rotatable bonds is 4. The van der Waals surface area contributed by atoms with Gasteiger partial charge in [-0.05, 0) is 12.0 Å². The Bertz CT molecular complexity index is 833. The normalized spacial score (nSPS) is 20.1. The third kappa shape index (κ3) is 3.07. The van der Waals surface area contributed by atoms with Gasteiger partial charge in [0.05, 0.1) is 25.1 Å². The van der Waals surface area contributed by atoms with Crippen LogP contribution in [0.25, 0.3) is 0 Å². The summed E-state index contributed by atoms with van der Waals surface area (Å²) in [4.78, 5) is 26.0. The number of benzene rings is 1. The Kier molecular flexibility index (Phi) is 4.42. The van der Waals surface area contributed by atoms with E-state index in [1.54, 1.807) is 0 Å². The van der Waals surface area contributed by atoms with Crippen LogP contribution in [0.1, 0.15) is 12.0 Å². The van der Waals surface area contributed by atoms with Crippen LogP contribution in [0.4, 0.5) is 4.79 Å². The van der Waals surface area contributed by atoms with Crippen LogP contribution in [0.5, 0.6) is 0 Å². The molecule has 1 atom stereocenters. The number of amides is 2. The zero-order valence-electron chi connectivity index (χ0n) is 13.8. The number of hydrogen-bond acceptors (Lipinski definition) is 6. The highest BCUT2D eigenvalue weighted by Gasteiger charge is 2.52. The first-order valence-electron chi connectivity index (χ1n) is 7.64. The summed E-state index contributed by atoms with van der Waals surface area (Å²) < 4.78 is 35.0. The Morgan fingerprint density at radius 2 is 1.96 bits per heavy atom. The maximum atomic E-state index is 12.4. The van der Waals surface area contributed by atoms with Crippen molar-refractivity contribution in [3.63, 3.8) is 0 Å². The Morgan fingerprint density at radius 1 is 1.28 bits per heavy atom. The molecule has 9 heteroatoms. The molecule has 1 aromatic rings. The smallest absolute Gasteiger partial charge is 0.414 e. The summed E-state index contributed by atoms with van der Waals surface area (Å²) in [6.07, 6.45) is 0.623. The van der Waals surface area contributed by atoms with Gasteiger partial charge < -0.3 is 9.47 Å². The molecule has 0 unspecified atom stereocenters. The Hall–Kier alpha value is -2.55. The molecule has 1 fully saturated rings. The average Bonchev–Trinajstić information content (AvgIpc) is 3.09. The standard InChI is InChI=1S/C16H18N2O6S/c1-23-14-13-12(18(15(14)19)25(2,21)22)8-9-17(13)16(20)24-10-11-6-4-3-5-7-11/h3-7,12H,8-10H2,1-2H3/t12-/m0/s1. The minimum atomic E-state index is -3.77.